The van der Waals surface area contributed by atoms with E-state index in [1.54, 1.807) is 14.2 Å². The summed E-state index contributed by atoms with van der Waals surface area (Å²) in [5, 5.41) is 6.70. The van der Waals surface area contributed by atoms with Gasteiger partial charge in [0.15, 0.2) is 5.96 Å². The van der Waals surface area contributed by atoms with Crippen LogP contribution in [0.25, 0.3) is 0 Å². The molecule has 0 bridgehead atoms. The Labute approximate surface area is 126 Å². The van der Waals surface area contributed by atoms with Gasteiger partial charge >= 0.3 is 0 Å². The largest absolute Gasteiger partial charge is 0.497 e. The van der Waals surface area contributed by atoms with Crippen LogP contribution in [0.4, 0.5) is 0 Å². The second-order valence-electron chi connectivity index (χ2n) is 5.34. The molecule has 1 saturated carbocycles. The van der Waals surface area contributed by atoms with Crippen molar-refractivity contribution in [2.75, 3.05) is 27.3 Å². The molecule has 0 spiro atoms. The minimum absolute atomic E-state index is 0.587. The molecule has 0 aromatic heterocycles. The van der Waals surface area contributed by atoms with Crippen molar-refractivity contribution in [2.24, 2.45) is 10.9 Å². The van der Waals surface area contributed by atoms with E-state index in [1.807, 2.05) is 24.3 Å². The lowest BCUT2D eigenvalue weighted by Crippen LogP contribution is -2.39. The van der Waals surface area contributed by atoms with Gasteiger partial charge in [-0.2, -0.15) is 0 Å². The molecule has 5 nitrogen and oxygen atoms in total. The van der Waals surface area contributed by atoms with E-state index in [2.05, 4.69) is 22.5 Å². The zero-order valence-corrected chi connectivity index (χ0v) is 13.1. The van der Waals surface area contributed by atoms with Gasteiger partial charge < -0.3 is 20.1 Å². The standard InChI is InChI=1S/C16H25N3O2/c1-12-10-15(12)19-16(17-2)18-8-5-9-21-14-7-4-6-13(11-14)20-3/h4,6-7,11-12,15H,5,8-10H2,1-3H3,(H2,17,18,19). The summed E-state index contributed by atoms with van der Waals surface area (Å²) in [6.45, 7) is 3.74. The van der Waals surface area contributed by atoms with Gasteiger partial charge in [-0.25, -0.2) is 0 Å². The Bertz CT molecular complexity index is 476. The van der Waals surface area contributed by atoms with Crippen LogP contribution in [0.1, 0.15) is 19.8 Å². The van der Waals surface area contributed by atoms with Crippen molar-refractivity contribution >= 4 is 5.96 Å². The third-order valence-corrected chi connectivity index (χ3v) is 3.58. The predicted molar refractivity (Wildman–Crippen MR) is 85.2 cm³/mol. The molecule has 1 aromatic carbocycles. The molecule has 21 heavy (non-hydrogen) atoms. The number of ether oxygens (including phenoxy) is 2. The lowest BCUT2D eigenvalue weighted by Gasteiger charge is -2.12. The van der Waals surface area contributed by atoms with E-state index in [1.165, 1.54) is 6.42 Å². The average Bonchev–Trinajstić information content (AvgIpc) is 3.21. The molecule has 2 unspecified atom stereocenters. The van der Waals surface area contributed by atoms with Gasteiger partial charge in [-0.1, -0.05) is 13.0 Å². The minimum Gasteiger partial charge on any atom is -0.497 e. The summed E-state index contributed by atoms with van der Waals surface area (Å²) >= 11 is 0. The zero-order valence-electron chi connectivity index (χ0n) is 13.1. The molecule has 0 heterocycles. The van der Waals surface area contributed by atoms with E-state index in [9.17, 15) is 0 Å². The summed E-state index contributed by atoms with van der Waals surface area (Å²) in [5.74, 6) is 3.29. The predicted octanol–water partition coefficient (Wildman–Crippen LogP) is 2.04. The highest BCUT2D eigenvalue weighted by Crippen LogP contribution is 2.28. The molecule has 2 atom stereocenters. The molecule has 1 aromatic rings. The first-order valence-corrected chi connectivity index (χ1v) is 7.47. The molecule has 2 rings (SSSR count). The van der Waals surface area contributed by atoms with Crippen LogP contribution in [0.5, 0.6) is 11.5 Å². The number of hydrogen-bond acceptors (Lipinski definition) is 3. The van der Waals surface area contributed by atoms with Crippen LogP contribution in [0.3, 0.4) is 0 Å². The molecule has 0 amide bonds. The smallest absolute Gasteiger partial charge is 0.191 e. The van der Waals surface area contributed by atoms with Gasteiger partial charge in [0.1, 0.15) is 11.5 Å². The summed E-state index contributed by atoms with van der Waals surface area (Å²) in [5.41, 5.74) is 0. The van der Waals surface area contributed by atoms with E-state index in [0.29, 0.717) is 12.6 Å². The van der Waals surface area contributed by atoms with E-state index in [-0.39, 0.29) is 0 Å². The molecule has 1 aliphatic rings. The second kappa shape index (κ2) is 7.76. The molecule has 2 N–H and O–H groups in total. The average molecular weight is 291 g/mol. The van der Waals surface area contributed by atoms with Crippen LogP contribution in [-0.2, 0) is 0 Å². The monoisotopic (exact) mass is 291 g/mol. The normalized spacial score (nSPS) is 20.8. The number of nitrogens with one attached hydrogen (secondary N) is 2. The van der Waals surface area contributed by atoms with Crippen molar-refractivity contribution in [1.82, 2.24) is 10.6 Å². The number of aliphatic imine (C=N–C) groups is 1. The quantitative estimate of drug-likeness (QED) is 0.458. The molecule has 0 aliphatic heterocycles. The van der Waals surface area contributed by atoms with Crippen LogP contribution in [0.15, 0.2) is 29.3 Å². The van der Waals surface area contributed by atoms with Crippen molar-refractivity contribution in [2.45, 2.75) is 25.8 Å². The SMILES string of the molecule is CN=C(NCCCOc1cccc(OC)c1)NC1CC1C. The highest BCUT2D eigenvalue weighted by Gasteiger charge is 2.33. The van der Waals surface area contributed by atoms with E-state index >= 15 is 0 Å². The molecule has 116 valence electrons. The van der Waals surface area contributed by atoms with Gasteiger partial charge in [0.25, 0.3) is 0 Å². The van der Waals surface area contributed by atoms with Crippen molar-refractivity contribution in [1.29, 1.82) is 0 Å². The molecular weight excluding hydrogens is 266 g/mol. The fourth-order valence-corrected chi connectivity index (χ4v) is 2.05. The Morgan fingerprint density at radius 3 is 2.81 bits per heavy atom. The van der Waals surface area contributed by atoms with E-state index in [4.69, 9.17) is 9.47 Å². The summed E-state index contributed by atoms with van der Waals surface area (Å²) in [6.07, 6.45) is 2.15. The van der Waals surface area contributed by atoms with Crippen LogP contribution in [0, 0.1) is 5.92 Å². The second-order valence-corrected chi connectivity index (χ2v) is 5.34. The molecule has 5 heteroatoms. The van der Waals surface area contributed by atoms with E-state index < -0.39 is 0 Å². The fourth-order valence-electron chi connectivity index (χ4n) is 2.05. The zero-order chi connectivity index (χ0) is 15.1. The van der Waals surface area contributed by atoms with E-state index in [0.717, 1.165) is 36.3 Å². The lowest BCUT2D eigenvalue weighted by atomic mass is 10.3. The summed E-state index contributed by atoms with van der Waals surface area (Å²) in [6, 6.07) is 8.25. The van der Waals surface area contributed by atoms with Crippen LogP contribution in [0.2, 0.25) is 0 Å². The minimum atomic E-state index is 0.587. The third kappa shape index (κ3) is 5.17. The first kappa shape index (κ1) is 15.5. The summed E-state index contributed by atoms with van der Waals surface area (Å²) in [4.78, 5) is 4.22. The number of nitrogens with zero attached hydrogens (tertiary/aromatic N) is 1. The van der Waals surface area contributed by atoms with Crippen LogP contribution in [-0.4, -0.2) is 39.3 Å². The Kier molecular flexibility index (Phi) is 5.72. The molecule has 0 radical (unpaired) electrons. The first-order chi connectivity index (χ1) is 10.2. The van der Waals surface area contributed by atoms with Gasteiger partial charge in [-0.3, -0.25) is 4.99 Å². The van der Waals surface area contributed by atoms with Gasteiger partial charge in [0.05, 0.1) is 13.7 Å². The Balaban J connectivity index is 1.60. The number of guanidine groups is 1. The maximum Gasteiger partial charge on any atom is 0.191 e. The third-order valence-electron chi connectivity index (χ3n) is 3.58. The Morgan fingerprint density at radius 1 is 1.38 bits per heavy atom. The van der Waals surface area contributed by atoms with Crippen LogP contribution >= 0.6 is 0 Å². The number of benzene rings is 1. The highest BCUT2D eigenvalue weighted by atomic mass is 16.5. The Hall–Kier alpha value is -1.91. The summed E-state index contributed by atoms with van der Waals surface area (Å²) < 4.78 is 10.9. The van der Waals surface area contributed by atoms with Gasteiger partial charge in [0, 0.05) is 25.7 Å². The topological polar surface area (TPSA) is 54.9 Å². The highest BCUT2D eigenvalue weighted by molar-refractivity contribution is 5.80. The fraction of sp³-hybridized carbons (Fsp3) is 0.562. The lowest BCUT2D eigenvalue weighted by molar-refractivity contribution is 0.308. The van der Waals surface area contributed by atoms with Gasteiger partial charge in [0.2, 0.25) is 0 Å². The Morgan fingerprint density at radius 2 is 2.14 bits per heavy atom. The maximum absolute atomic E-state index is 5.69. The van der Waals surface area contributed by atoms with Crippen molar-refractivity contribution in [3.63, 3.8) is 0 Å². The van der Waals surface area contributed by atoms with Crippen molar-refractivity contribution in [3.8, 4) is 11.5 Å². The molecule has 0 saturated heterocycles. The number of rotatable bonds is 7. The number of hydrogen-bond donors (Lipinski definition) is 2. The first-order valence-electron chi connectivity index (χ1n) is 7.47. The molecular formula is C16H25N3O2. The molecule has 1 aliphatic carbocycles. The maximum atomic E-state index is 5.69. The van der Waals surface area contributed by atoms with Crippen LogP contribution < -0.4 is 20.1 Å². The molecule has 1 fully saturated rings. The van der Waals surface area contributed by atoms with Crippen molar-refractivity contribution in [3.05, 3.63) is 24.3 Å². The van der Waals surface area contributed by atoms with Crippen molar-refractivity contribution < 1.29 is 9.47 Å². The summed E-state index contributed by atoms with van der Waals surface area (Å²) in [7, 11) is 3.46. The van der Waals surface area contributed by atoms with Gasteiger partial charge in [-0.05, 0) is 30.9 Å². The number of methoxy groups -OCH3 is 1. The van der Waals surface area contributed by atoms with Gasteiger partial charge in [-0.15, -0.1) is 0 Å².